The minimum absolute atomic E-state index is 0.311. The van der Waals surface area contributed by atoms with Crippen LogP contribution in [0.5, 0.6) is 0 Å². The van der Waals surface area contributed by atoms with E-state index in [0.717, 1.165) is 24.1 Å². The molecule has 2 N–H and O–H groups in total. The molecular weight excluding hydrogens is 390 g/mol. The summed E-state index contributed by atoms with van der Waals surface area (Å²) in [5.41, 5.74) is 2.56. The maximum absolute atomic E-state index is 12.1. The third-order valence-electron chi connectivity index (χ3n) is 4.48. The van der Waals surface area contributed by atoms with Crippen molar-refractivity contribution in [1.82, 2.24) is 25.1 Å². The summed E-state index contributed by atoms with van der Waals surface area (Å²) in [5, 5.41) is 19.3. The molecule has 0 saturated heterocycles. The number of nitrogens with zero attached hydrogens (tertiary/aromatic N) is 5. The fourth-order valence-electron chi connectivity index (χ4n) is 2.79. The van der Waals surface area contributed by atoms with E-state index in [1.165, 1.54) is 6.20 Å². The molecule has 0 bridgehead atoms. The van der Waals surface area contributed by atoms with Crippen LogP contribution in [0.1, 0.15) is 36.2 Å². The summed E-state index contributed by atoms with van der Waals surface area (Å²) in [6.07, 6.45) is 7.53. The molecule has 8 nitrogen and oxygen atoms in total. The van der Waals surface area contributed by atoms with Crippen LogP contribution in [-0.4, -0.2) is 31.7 Å². The number of aromatic nitrogens is 4. The van der Waals surface area contributed by atoms with Gasteiger partial charge >= 0.3 is 0 Å². The number of hydrogen-bond acceptors (Lipinski definition) is 6. The van der Waals surface area contributed by atoms with Crippen molar-refractivity contribution in [1.29, 1.82) is 5.26 Å². The lowest BCUT2D eigenvalue weighted by molar-refractivity contribution is 0.0948. The van der Waals surface area contributed by atoms with Gasteiger partial charge in [0.05, 0.1) is 40.9 Å². The molecule has 29 heavy (non-hydrogen) atoms. The standard InChI is InChI=1S/C20H18ClN7O/c1-12(8-22)25-19(29)14-4-2-13(3-5-14)18-17(21)10-23-20(27-18)26-15-9-24-28(11-15)16-6-7-16/h2-5,9-12,16H,6-7H2,1H3,(H,25,29)(H,23,26,27)/t12-/m0/s1. The molecule has 1 aliphatic carbocycles. The average molecular weight is 408 g/mol. The summed E-state index contributed by atoms with van der Waals surface area (Å²) in [4.78, 5) is 20.8. The summed E-state index contributed by atoms with van der Waals surface area (Å²) >= 11 is 6.29. The Balaban J connectivity index is 1.52. The molecular formula is C20H18ClN7O. The Labute approximate surface area is 172 Å². The van der Waals surface area contributed by atoms with Crippen LogP contribution in [0.15, 0.2) is 42.9 Å². The zero-order valence-corrected chi connectivity index (χ0v) is 16.4. The second-order valence-corrected chi connectivity index (χ2v) is 7.26. The number of carbonyl (C=O) groups excluding carboxylic acids is 1. The van der Waals surface area contributed by atoms with E-state index in [2.05, 4.69) is 25.7 Å². The largest absolute Gasteiger partial charge is 0.337 e. The third kappa shape index (κ3) is 4.36. The topological polar surface area (TPSA) is 109 Å². The lowest BCUT2D eigenvalue weighted by atomic mass is 10.1. The molecule has 0 aliphatic heterocycles. The summed E-state index contributed by atoms with van der Waals surface area (Å²) in [5.74, 6) is 0.0961. The minimum Gasteiger partial charge on any atom is -0.337 e. The van der Waals surface area contributed by atoms with Crippen molar-refractivity contribution in [2.24, 2.45) is 0 Å². The normalized spacial score (nSPS) is 14.1. The Bertz CT molecular complexity index is 1080. The molecule has 0 spiro atoms. The van der Waals surface area contributed by atoms with Gasteiger partial charge in [0.1, 0.15) is 6.04 Å². The van der Waals surface area contributed by atoms with Gasteiger partial charge in [-0.1, -0.05) is 23.7 Å². The maximum Gasteiger partial charge on any atom is 0.252 e. The van der Waals surface area contributed by atoms with E-state index in [9.17, 15) is 4.79 Å². The van der Waals surface area contributed by atoms with Gasteiger partial charge in [-0.3, -0.25) is 9.48 Å². The Morgan fingerprint density at radius 3 is 2.76 bits per heavy atom. The molecule has 3 aromatic rings. The molecule has 4 rings (SSSR count). The highest BCUT2D eigenvalue weighted by Crippen LogP contribution is 2.35. The molecule has 1 fully saturated rings. The van der Waals surface area contributed by atoms with E-state index in [-0.39, 0.29) is 5.91 Å². The summed E-state index contributed by atoms with van der Waals surface area (Å²) in [6, 6.07) is 8.76. The van der Waals surface area contributed by atoms with E-state index >= 15 is 0 Å². The predicted octanol–water partition coefficient (Wildman–Crippen LogP) is 3.71. The van der Waals surface area contributed by atoms with Crippen LogP contribution in [0.25, 0.3) is 11.3 Å². The fraction of sp³-hybridized carbons (Fsp3) is 0.250. The number of nitrogens with one attached hydrogen (secondary N) is 2. The first-order chi connectivity index (χ1) is 14.0. The Morgan fingerprint density at radius 1 is 1.31 bits per heavy atom. The SMILES string of the molecule is C[C@@H](C#N)NC(=O)c1ccc(-c2nc(Nc3cnn(C4CC4)c3)ncc2Cl)cc1. The Hall–Kier alpha value is -3.44. The van der Waals surface area contributed by atoms with Crippen molar-refractivity contribution in [3.05, 3.63) is 53.4 Å². The zero-order valence-electron chi connectivity index (χ0n) is 15.6. The monoisotopic (exact) mass is 407 g/mol. The molecule has 9 heteroatoms. The Kier molecular flexibility index (Phi) is 5.14. The number of benzene rings is 1. The van der Waals surface area contributed by atoms with Gasteiger partial charge in [-0.05, 0) is 31.9 Å². The van der Waals surface area contributed by atoms with Crippen LogP contribution in [0, 0.1) is 11.3 Å². The van der Waals surface area contributed by atoms with Gasteiger partial charge in [-0.2, -0.15) is 10.4 Å². The number of amides is 1. The third-order valence-corrected chi connectivity index (χ3v) is 4.76. The van der Waals surface area contributed by atoms with Crippen molar-refractivity contribution in [2.75, 3.05) is 5.32 Å². The molecule has 0 radical (unpaired) electrons. The van der Waals surface area contributed by atoms with E-state index in [0.29, 0.717) is 28.3 Å². The first-order valence-corrected chi connectivity index (χ1v) is 9.56. The highest BCUT2D eigenvalue weighted by Gasteiger charge is 2.24. The molecule has 1 aliphatic rings. The molecule has 1 aromatic carbocycles. The van der Waals surface area contributed by atoms with Gasteiger partial charge in [0.15, 0.2) is 0 Å². The highest BCUT2D eigenvalue weighted by molar-refractivity contribution is 6.32. The highest BCUT2D eigenvalue weighted by atomic mass is 35.5. The molecule has 1 saturated carbocycles. The van der Waals surface area contributed by atoms with Crippen LogP contribution in [0.4, 0.5) is 11.6 Å². The van der Waals surface area contributed by atoms with Crippen LogP contribution in [-0.2, 0) is 0 Å². The van der Waals surface area contributed by atoms with Crippen LogP contribution in [0.2, 0.25) is 5.02 Å². The lowest BCUT2D eigenvalue weighted by Gasteiger charge is -2.09. The van der Waals surface area contributed by atoms with Crippen LogP contribution < -0.4 is 10.6 Å². The number of nitriles is 1. The molecule has 2 heterocycles. The molecule has 0 unspecified atom stereocenters. The first-order valence-electron chi connectivity index (χ1n) is 9.18. The number of rotatable bonds is 6. The van der Waals surface area contributed by atoms with Crippen molar-refractivity contribution in [3.63, 3.8) is 0 Å². The van der Waals surface area contributed by atoms with Gasteiger partial charge in [0.2, 0.25) is 5.95 Å². The number of halogens is 1. The Morgan fingerprint density at radius 2 is 2.07 bits per heavy atom. The summed E-state index contributed by atoms with van der Waals surface area (Å²) in [6.45, 7) is 1.62. The predicted molar refractivity (Wildman–Crippen MR) is 109 cm³/mol. The van der Waals surface area contributed by atoms with Crippen LogP contribution in [0.3, 0.4) is 0 Å². The van der Waals surface area contributed by atoms with E-state index in [4.69, 9.17) is 16.9 Å². The minimum atomic E-state index is -0.559. The van der Waals surface area contributed by atoms with Crippen LogP contribution >= 0.6 is 11.6 Å². The average Bonchev–Trinajstić information content (AvgIpc) is 3.48. The number of carbonyl (C=O) groups is 1. The number of anilines is 2. The lowest BCUT2D eigenvalue weighted by Crippen LogP contribution is -2.31. The van der Waals surface area contributed by atoms with Crippen molar-refractivity contribution >= 4 is 29.1 Å². The van der Waals surface area contributed by atoms with Gasteiger partial charge in [0.25, 0.3) is 5.91 Å². The van der Waals surface area contributed by atoms with E-state index < -0.39 is 6.04 Å². The first kappa shape index (κ1) is 18.9. The smallest absolute Gasteiger partial charge is 0.252 e. The van der Waals surface area contributed by atoms with E-state index in [1.807, 2.05) is 16.9 Å². The summed E-state index contributed by atoms with van der Waals surface area (Å²) in [7, 11) is 0. The van der Waals surface area contributed by atoms with Crippen molar-refractivity contribution < 1.29 is 4.79 Å². The van der Waals surface area contributed by atoms with E-state index in [1.54, 1.807) is 37.4 Å². The molecule has 1 atom stereocenters. The second-order valence-electron chi connectivity index (χ2n) is 6.86. The van der Waals surface area contributed by atoms with Gasteiger partial charge in [-0.15, -0.1) is 0 Å². The molecule has 1 amide bonds. The molecule has 146 valence electrons. The second kappa shape index (κ2) is 7.89. The fourth-order valence-corrected chi connectivity index (χ4v) is 2.99. The molecule has 2 aromatic heterocycles. The number of hydrogen-bond donors (Lipinski definition) is 2. The van der Waals surface area contributed by atoms with Gasteiger partial charge in [-0.25, -0.2) is 9.97 Å². The van der Waals surface area contributed by atoms with Gasteiger partial charge in [0, 0.05) is 17.3 Å². The van der Waals surface area contributed by atoms with Gasteiger partial charge < -0.3 is 10.6 Å². The van der Waals surface area contributed by atoms with Crippen molar-refractivity contribution in [3.8, 4) is 17.3 Å². The summed E-state index contributed by atoms with van der Waals surface area (Å²) < 4.78 is 1.94. The quantitative estimate of drug-likeness (QED) is 0.644. The maximum atomic E-state index is 12.1. The van der Waals surface area contributed by atoms with Crippen molar-refractivity contribution in [2.45, 2.75) is 31.8 Å². The zero-order chi connectivity index (χ0) is 20.4.